The van der Waals surface area contributed by atoms with Crippen LogP contribution in [-0.4, -0.2) is 22.3 Å². The van der Waals surface area contributed by atoms with E-state index in [1.807, 2.05) is 24.0 Å². The van der Waals surface area contributed by atoms with Crippen molar-refractivity contribution in [3.8, 4) is 5.75 Å². The van der Waals surface area contributed by atoms with Gasteiger partial charge >= 0.3 is 0 Å². The first-order chi connectivity index (χ1) is 9.88. The van der Waals surface area contributed by atoms with Gasteiger partial charge in [-0.25, -0.2) is 0 Å². The van der Waals surface area contributed by atoms with Gasteiger partial charge in [-0.15, -0.1) is 6.58 Å². The van der Waals surface area contributed by atoms with Crippen LogP contribution in [0.2, 0.25) is 10.0 Å². The summed E-state index contributed by atoms with van der Waals surface area (Å²) in [6.45, 7) is 8.58. The fourth-order valence-corrected chi connectivity index (χ4v) is 4.04. The van der Waals surface area contributed by atoms with Gasteiger partial charge in [-0.2, -0.15) is 0 Å². The lowest BCUT2D eigenvalue weighted by Crippen LogP contribution is -2.68. The summed E-state index contributed by atoms with van der Waals surface area (Å²) >= 11 is 17.9. The maximum Gasteiger partial charge on any atom is 0.187 e. The molecule has 2 bridgehead atoms. The first-order valence-corrected chi connectivity index (χ1v) is 7.92. The summed E-state index contributed by atoms with van der Waals surface area (Å²) in [4.78, 5) is 2.00. The topological polar surface area (TPSA) is 24.5 Å². The van der Waals surface area contributed by atoms with Crippen LogP contribution in [0.1, 0.15) is 25.5 Å². The van der Waals surface area contributed by atoms with Gasteiger partial charge in [0, 0.05) is 23.0 Å². The van der Waals surface area contributed by atoms with Crippen LogP contribution >= 0.6 is 35.4 Å². The lowest BCUT2D eigenvalue weighted by atomic mass is 9.81. The van der Waals surface area contributed by atoms with Crippen molar-refractivity contribution in [2.24, 2.45) is 5.92 Å². The maximum absolute atomic E-state index is 6.32. The molecule has 3 rings (SSSR count). The molecule has 3 nitrogen and oxygen atoms in total. The summed E-state index contributed by atoms with van der Waals surface area (Å²) in [5, 5.41) is 5.15. The minimum absolute atomic E-state index is 0.0310. The summed E-state index contributed by atoms with van der Waals surface area (Å²) in [5.74, 6) is 0.849. The Morgan fingerprint density at radius 2 is 2.24 bits per heavy atom. The number of ether oxygens (including phenoxy) is 1. The van der Waals surface area contributed by atoms with Gasteiger partial charge in [0.25, 0.3) is 0 Å². The average Bonchev–Trinajstić information content (AvgIpc) is 2.41. The Bertz CT molecular complexity index is 636. The van der Waals surface area contributed by atoms with Crippen molar-refractivity contribution >= 4 is 40.5 Å². The van der Waals surface area contributed by atoms with Crippen molar-refractivity contribution in [1.29, 1.82) is 0 Å². The highest BCUT2D eigenvalue weighted by Crippen LogP contribution is 2.50. The minimum Gasteiger partial charge on any atom is -0.466 e. The van der Waals surface area contributed by atoms with Crippen molar-refractivity contribution in [3.63, 3.8) is 0 Å². The van der Waals surface area contributed by atoms with E-state index in [2.05, 4.69) is 18.8 Å². The molecule has 1 aromatic rings. The first kappa shape index (κ1) is 14.9. The molecule has 1 fully saturated rings. The Labute approximate surface area is 139 Å². The van der Waals surface area contributed by atoms with E-state index in [9.17, 15) is 0 Å². The molecule has 6 heteroatoms. The monoisotopic (exact) mass is 342 g/mol. The molecule has 1 N–H and O–H groups in total. The molecule has 2 aliphatic heterocycles. The predicted octanol–water partition coefficient (Wildman–Crippen LogP) is 4.16. The molecule has 0 aromatic heterocycles. The van der Waals surface area contributed by atoms with Gasteiger partial charge in [-0.05, 0) is 31.3 Å². The van der Waals surface area contributed by atoms with Crippen molar-refractivity contribution in [1.82, 2.24) is 10.2 Å². The standard InChI is InChI=1S/C15H16Cl2N2OS/c1-4-5-19-14(21)18-12-8(2)15(19,3)20-13-10(12)6-9(16)7-11(13)17/h4,6-8,12H,1,5H2,2-3H3,(H,18,21). The van der Waals surface area contributed by atoms with Crippen LogP contribution < -0.4 is 10.1 Å². The van der Waals surface area contributed by atoms with Crippen LogP contribution in [0.15, 0.2) is 24.8 Å². The number of nitrogens with zero attached hydrogens (tertiary/aromatic N) is 1. The molecule has 2 aliphatic rings. The van der Waals surface area contributed by atoms with Crippen molar-refractivity contribution < 1.29 is 4.74 Å². The highest BCUT2D eigenvalue weighted by molar-refractivity contribution is 7.80. The van der Waals surface area contributed by atoms with E-state index in [1.165, 1.54) is 0 Å². The number of thiocarbonyl (C=S) groups is 1. The molecule has 3 unspecified atom stereocenters. The van der Waals surface area contributed by atoms with E-state index < -0.39 is 5.72 Å². The summed E-state index contributed by atoms with van der Waals surface area (Å²) in [5.41, 5.74) is 0.393. The largest absolute Gasteiger partial charge is 0.466 e. The first-order valence-electron chi connectivity index (χ1n) is 6.75. The minimum atomic E-state index is -0.564. The molecule has 1 saturated heterocycles. The molecule has 0 aliphatic carbocycles. The Morgan fingerprint density at radius 3 is 2.90 bits per heavy atom. The van der Waals surface area contributed by atoms with Crippen LogP contribution in [-0.2, 0) is 0 Å². The zero-order valence-electron chi connectivity index (χ0n) is 11.8. The van der Waals surface area contributed by atoms with Crippen molar-refractivity contribution in [2.45, 2.75) is 25.6 Å². The van der Waals surface area contributed by atoms with E-state index in [1.54, 1.807) is 6.07 Å². The van der Waals surface area contributed by atoms with Gasteiger partial charge in [0.2, 0.25) is 0 Å². The fraction of sp³-hybridized carbons (Fsp3) is 0.400. The van der Waals surface area contributed by atoms with Gasteiger partial charge in [-0.1, -0.05) is 36.2 Å². The molecular weight excluding hydrogens is 327 g/mol. The van der Waals surface area contributed by atoms with E-state index in [4.69, 9.17) is 40.2 Å². The maximum atomic E-state index is 6.32. The van der Waals surface area contributed by atoms with Crippen LogP contribution in [0.5, 0.6) is 5.75 Å². The second-order valence-electron chi connectivity index (χ2n) is 5.58. The molecule has 21 heavy (non-hydrogen) atoms. The summed E-state index contributed by atoms with van der Waals surface area (Å²) < 4.78 is 6.28. The van der Waals surface area contributed by atoms with E-state index >= 15 is 0 Å². The lowest BCUT2D eigenvalue weighted by molar-refractivity contribution is -0.106. The number of hydrogen-bond acceptors (Lipinski definition) is 2. The number of benzene rings is 1. The number of hydrogen-bond donors (Lipinski definition) is 1. The predicted molar refractivity (Wildman–Crippen MR) is 90.0 cm³/mol. The lowest BCUT2D eigenvalue weighted by Gasteiger charge is -2.56. The highest BCUT2D eigenvalue weighted by atomic mass is 35.5. The van der Waals surface area contributed by atoms with Gasteiger partial charge in [0.1, 0.15) is 5.75 Å². The average molecular weight is 343 g/mol. The summed E-state index contributed by atoms with van der Waals surface area (Å²) in [7, 11) is 0. The Balaban J connectivity index is 2.16. The molecule has 0 saturated carbocycles. The van der Waals surface area contributed by atoms with Gasteiger partial charge in [0.05, 0.1) is 11.1 Å². The van der Waals surface area contributed by atoms with E-state index in [0.717, 1.165) is 5.56 Å². The second-order valence-corrected chi connectivity index (χ2v) is 6.81. The van der Waals surface area contributed by atoms with Crippen LogP contribution in [0.3, 0.4) is 0 Å². The molecule has 112 valence electrons. The second kappa shape index (κ2) is 5.04. The molecule has 3 atom stereocenters. The molecule has 0 amide bonds. The van der Waals surface area contributed by atoms with Crippen LogP contribution in [0.25, 0.3) is 0 Å². The molecule has 1 aromatic carbocycles. The van der Waals surface area contributed by atoms with E-state index in [0.29, 0.717) is 27.5 Å². The van der Waals surface area contributed by atoms with Crippen LogP contribution in [0.4, 0.5) is 0 Å². The quantitative estimate of drug-likeness (QED) is 0.644. The summed E-state index contributed by atoms with van der Waals surface area (Å²) in [6.07, 6.45) is 1.81. The van der Waals surface area contributed by atoms with Gasteiger partial charge < -0.3 is 15.0 Å². The van der Waals surface area contributed by atoms with Gasteiger partial charge in [0.15, 0.2) is 10.8 Å². The highest BCUT2D eigenvalue weighted by Gasteiger charge is 2.53. The van der Waals surface area contributed by atoms with Crippen molar-refractivity contribution in [2.75, 3.05) is 6.54 Å². The van der Waals surface area contributed by atoms with E-state index in [-0.39, 0.29) is 12.0 Å². The fourth-order valence-electron chi connectivity index (χ4n) is 3.11. The normalized spacial score (nSPS) is 30.3. The molecule has 0 spiro atoms. The van der Waals surface area contributed by atoms with Gasteiger partial charge in [-0.3, -0.25) is 0 Å². The summed E-state index contributed by atoms with van der Waals surface area (Å²) in [6, 6.07) is 3.62. The number of rotatable bonds is 2. The SMILES string of the molecule is C=CCN1C(=S)NC2c3cc(Cl)cc(Cl)c3OC1(C)C2C. The van der Waals surface area contributed by atoms with Crippen molar-refractivity contribution in [3.05, 3.63) is 40.4 Å². The number of nitrogens with one attached hydrogen (secondary N) is 1. The molecule has 2 heterocycles. The third-order valence-electron chi connectivity index (χ3n) is 4.40. The Hall–Kier alpha value is -0.970. The Morgan fingerprint density at radius 1 is 1.52 bits per heavy atom. The third-order valence-corrected chi connectivity index (χ3v) is 5.23. The molecule has 0 radical (unpaired) electrons. The number of halogens is 2. The third kappa shape index (κ3) is 2.12. The smallest absolute Gasteiger partial charge is 0.187 e. The van der Waals surface area contributed by atoms with Crippen LogP contribution in [0, 0.1) is 5.92 Å². The zero-order valence-corrected chi connectivity index (χ0v) is 14.1. The molecular formula is C15H16Cl2N2OS. The number of fused-ring (bicyclic) bond motifs is 4. The Kier molecular flexibility index (Phi) is 3.59. The zero-order chi connectivity index (χ0) is 15.4.